The number of fused-ring (bicyclic) bond motifs is 1. The van der Waals surface area contributed by atoms with Crippen LogP contribution in [0.1, 0.15) is 46.5 Å². The first-order valence-corrected chi connectivity index (χ1v) is 7.77. The van der Waals surface area contributed by atoms with Crippen molar-refractivity contribution >= 4 is 17.6 Å². The Labute approximate surface area is 135 Å². The van der Waals surface area contributed by atoms with Gasteiger partial charge >= 0.3 is 0 Å². The van der Waals surface area contributed by atoms with Crippen LogP contribution in [0.15, 0.2) is 54.1 Å². The first-order valence-electron chi connectivity index (χ1n) is 7.77. The van der Waals surface area contributed by atoms with Crippen molar-refractivity contribution in [3.8, 4) is 5.75 Å². The first-order chi connectivity index (χ1) is 11.1. The Hall–Kier alpha value is -2.68. The van der Waals surface area contributed by atoms with Gasteiger partial charge in [0.1, 0.15) is 5.75 Å². The molecule has 0 saturated heterocycles. The summed E-state index contributed by atoms with van der Waals surface area (Å²) in [6, 6.07) is 14.4. The van der Waals surface area contributed by atoms with Crippen LogP contribution in [0.2, 0.25) is 0 Å². The number of para-hydroxylation sites is 1. The van der Waals surface area contributed by atoms with Crippen LogP contribution in [-0.4, -0.2) is 17.7 Å². The number of hydrogen-bond acceptors (Lipinski definition) is 3. The number of benzene rings is 2. The van der Waals surface area contributed by atoms with Crippen LogP contribution in [0.3, 0.4) is 0 Å². The summed E-state index contributed by atoms with van der Waals surface area (Å²) in [7, 11) is 0. The molecule has 1 atom stereocenters. The lowest BCUT2D eigenvalue weighted by atomic mass is 10.1. The number of carbonyl (C=O) groups excluding carboxylic acids is 2. The summed E-state index contributed by atoms with van der Waals surface area (Å²) in [6.45, 7) is 4.04. The van der Waals surface area contributed by atoms with Crippen molar-refractivity contribution in [2.75, 3.05) is 0 Å². The van der Waals surface area contributed by atoms with Crippen molar-refractivity contribution in [3.05, 3.63) is 70.8 Å². The van der Waals surface area contributed by atoms with Crippen LogP contribution in [0.5, 0.6) is 5.75 Å². The van der Waals surface area contributed by atoms with Gasteiger partial charge < -0.3 is 4.74 Å². The van der Waals surface area contributed by atoms with E-state index in [0.29, 0.717) is 16.9 Å². The Morgan fingerprint density at radius 3 is 2.13 bits per heavy atom. The molecule has 0 radical (unpaired) electrons. The lowest BCUT2D eigenvalue weighted by Crippen LogP contribution is -2.10. The van der Waals surface area contributed by atoms with Crippen LogP contribution in [0, 0.1) is 0 Å². The summed E-state index contributed by atoms with van der Waals surface area (Å²) >= 11 is 0. The van der Waals surface area contributed by atoms with Gasteiger partial charge in [-0.05, 0) is 25.5 Å². The van der Waals surface area contributed by atoms with Crippen LogP contribution in [-0.2, 0) is 0 Å². The Kier molecular flexibility index (Phi) is 4.11. The fourth-order valence-electron chi connectivity index (χ4n) is 2.57. The molecule has 0 aromatic heterocycles. The number of ether oxygens (including phenoxy) is 1. The molecule has 23 heavy (non-hydrogen) atoms. The summed E-state index contributed by atoms with van der Waals surface area (Å²) in [6.07, 6.45) is 2.60. The highest BCUT2D eigenvalue weighted by molar-refractivity contribution is 6.41. The highest BCUT2D eigenvalue weighted by Crippen LogP contribution is 2.30. The average Bonchev–Trinajstić information content (AvgIpc) is 2.82. The molecule has 2 aromatic rings. The van der Waals surface area contributed by atoms with Gasteiger partial charge in [-0.1, -0.05) is 49.4 Å². The molecule has 116 valence electrons. The van der Waals surface area contributed by atoms with E-state index in [1.165, 1.54) is 0 Å². The molecule has 2 aromatic carbocycles. The van der Waals surface area contributed by atoms with Gasteiger partial charge in [0.2, 0.25) is 0 Å². The predicted molar refractivity (Wildman–Crippen MR) is 89.9 cm³/mol. The molecule has 0 fully saturated rings. The molecule has 0 heterocycles. The maximum absolute atomic E-state index is 12.5. The highest BCUT2D eigenvalue weighted by Gasteiger charge is 2.32. The number of Topliss-reactive ketones (excluding diaryl/α,β-unsaturated/α-hetero) is 2. The van der Waals surface area contributed by atoms with Crippen molar-refractivity contribution in [3.63, 3.8) is 0 Å². The van der Waals surface area contributed by atoms with E-state index in [-0.39, 0.29) is 23.2 Å². The van der Waals surface area contributed by atoms with E-state index in [2.05, 4.69) is 0 Å². The molecule has 0 amide bonds. The van der Waals surface area contributed by atoms with Crippen molar-refractivity contribution in [1.82, 2.24) is 0 Å². The summed E-state index contributed by atoms with van der Waals surface area (Å²) in [5.41, 5.74) is 1.90. The molecule has 0 spiro atoms. The minimum absolute atomic E-state index is 0.0710. The Bertz CT molecular complexity index is 765. The van der Waals surface area contributed by atoms with Crippen LogP contribution in [0.25, 0.3) is 6.08 Å². The number of hydrogen-bond donors (Lipinski definition) is 0. The second-order valence-electron chi connectivity index (χ2n) is 5.64. The summed E-state index contributed by atoms with van der Waals surface area (Å²) in [5.74, 6) is 0.249. The molecule has 0 N–H and O–H groups in total. The maximum atomic E-state index is 12.5. The molecule has 0 aliphatic heterocycles. The van der Waals surface area contributed by atoms with Crippen LogP contribution < -0.4 is 4.74 Å². The zero-order valence-corrected chi connectivity index (χ0v) is 13.2. The number of carbonyl (C=O) groups is 2. The fraction of sp³-hybridized carbons (Fsp3) is 0.200. The van der Waals surface area contributed by atoms with Crippen molar-refractivity contribution in [2.24, 2.45) is 0 Å². The molecule has 0 unspecified atom stereocenters. The number of allylic oxidation sites excluding steroid dienone is 1. The Morgan fingerprint density at radius 2 is 1.52 bits per heavy atom. The van der Waals surface area contributed by atoms with Gasteiger partial charge in [-0.25, -0.2) is 0 Å². The standard InChI is InChI=1S/C20H18O3/c1-3-13(2)23-18-11-7-4-8-14(18)12-17-19(21)15-9-5-6-10-16(15)20(17)22/h4-13H,3H2,1-2H3/t13-/m0/s1. The first kappa shape index (κ1) is 15.2. The van der Waals surface area contributed by atoms with Gasteiger partial charge in [-0.3, -0.25) is 9.59 Å². The van der Waals surface area contributed by atoms with Gasteiger partial charge in [-0.2, -0.15) is 0 Å². The fourth-order valence-corrected chi connectivity index (χ4v) is 2.57. The van der Waals surface area contributed by atoms with Crippen LogP contribution >= 0.6 is 0 Å². The number of ketones is 2. The van der Waals surface area contributed by atoms with E-state index in [9.17, 15) is 9.59 Å². The third-order valence-corrected chi connectivity index (χ3v) is 4.03. The van der Waals surface area contributed by atoms with Crippen molar-refractivity contribution < 1.29 is 14.3 Å². The minimum Gasteiger partial charge on any atom is -0.490 e. The smallest absolute Gasteiger partial charge is 0.197 e. The molecule has 0 saturated carbocycles. The summed E-state index contributed by atoms with van der Waals surface area (Å²) in [4.78, 5) is 24.9. The van der Waals surface area contributed by atoms with Gasteiger partial charge in [0, 0.05) is 16.7 Å². The van der Waals surface area contributed by atoms with Crippen molar-refractivity contribution in [2.45, 2.75) is 26.4 Å². The second-order valence-corrected chi connectivity index (χ2v) is 5.64. The Morgan fingerprint density at radius 1 is 0.957 bits per heavy atom. The average molecular weight is 306 g/mol. The molecule has 1 aliphatic rings. The quantitative estimate of drug-likeness (QED) is 0.624. The molecular weight excluding hydrogens is 288 g/mol. The summed E-state index contributed by atoms with van der Waals surface area (Å²) in [5, 5.41) is 0. The Balaban J connectivity index is 2.01. The highest BCUT2D eigenvalue weighted by atomic mass is 16.5. The topological polar surface area (TPSA) is 43.4 Å². The van der Waals surface area contributed by atoms with E-state index in [1.807, 2.05) is 38.1 Å². The van der Waals surface area contributed by atoms with E-state index < -0.39 is 0 Å². The predicted octanol–water partition coefficient (Wildman–Crippen LogP) is 4.33. The molecule has 3 heteroatoms. The minimum atomic E-state index is -0.219. The molecule has 1 aliphatic carbocycles. The van der Waals surface area contributed by atoms with E-state index in [1.54, 1.807) is 30.3 Å². The zero-order valence-electron chi connectivity index (χ0n) is 13.2. The third kappa shape index (κ3) is 2.82. The van der Waals surface area contributed by atoms with E-state index in [0.717, 1.165) is 12.0 Å². The van der Waals surface area contributed by atoms with E-state index in [4.69, 9.17) is 4.74 Å². The summed E-state index contributed by atoms with van der Waals surface area (Å²) < 4.78 is 5.89. The van der Waals surface area contributed by atoms with Gasteiger partial charge in [0.05, 0.1) is 11.7 Å². The molecule has 3 nitrogen and oxygen atoms in total. The largest absolute Gasteiger partial charge is 0.490 e. The van der Waals surface area contributed by atoms with Gasteiger partial charge in [0.15, 0.2) is 11.6 Å². The molecule has 3 rings (SSSR count). The van der Waals surface area contributed by atoms with Crippen LogP contribution in [0.4, 0.5) is 0 Å². The molecule has 0 bridgehead atoms. The lowest BCUT2D eigenvalue weighted by Gasteiger charge is -2.14. The van der Waals surface area contributed by atoms with Crippen molar-refractivity contribution in [1.29, 1.82) is 0 Å². The third-order valence-electron chi connectivity index (χ3n) is 4.03. The zero-order chi connectivity index (χ0) is 16.4. The normalized spacial score (nSPS) is 14.6. The molecular formula is C20H18O3. The van der Waals surface area contributed by atoms with Gasteiger partial charge in [-0.15, -0.1) is 0 Å². The maximum Gasteiger partial charge on any atom is 0.197 e. The monoisotopic (exact) mass is 306 g/mol. The SMILES string of the molecule is CC[C@H](C)Oc1ccccc1C=C1C(=O)c2ccccc2C1=O. The second kappa shape index (κ2) is 6.21. The number of rotatable bonds is 4. The van der Waals surface area contributed by atoms with Gasteiger partial charge in [0.25, 0.3) is 0 Å². The van der Waals surface area contributed by atoms with E-state index >= 15 is 0 Å². The lowest BCUT2D eigenvalue weighted by molar-refractivity contribution is 0.0990.